The minimum absolute atomic E-state index is 0.0438. The van der Waals surface area contributed by atoms with E-state index >= 15 is 0 Å². The van der Waals surface area contributed by atoms with Gasteiger partial charge in [0.05, 0.1) is 0 Å². The maximum absolute atomic E-state index is 11.7. The zero-order valence-electron chi connectivity index (χ0n) is 23.3. The van der Waals surface area contributed by atoms with E-state index in [0.717, 1.165) is 25.2 Å². The molecular formula is C29H50N2O. The summed E-state index contributed by atoms with van der Waals surface area (Å²) in [5.74, 6) is 0.935. The van der Waals surface area contributed by atoms with Crippen LogP contribution in [0.4, 0.5) is 5.82 Å². The van der Waals surface area contributed by atoms with Gasteiger partial charge in [0.2, 0.25) is 0 Å². The van der Waals surface area contributed by atoms with E-state index in [1.54, 1.807) is 13.1 Å². The lowest BCUT2D eigenvalue weighted by Gasteiger charge is -2.31. The molecule has 0 aliphatic rings. The number of carbonyl (C=O) groups excluding carboxylic acids is 1. The molecule has 0 bridgehead atoms. The molecular weight excluding hydrogens is 392 g/mol. The normalized spacial score (nSPS) is 13.4. The predicted molar refractivity (Wildman–Crippen MR) is 142 cm³/mol. The number of ketones is 1. The number of hydrogen-bond donors (Lipinski definition) is 0. The standard InChI is InChI=1S/C27H44N2O.C2H6/c1-20(27(9,10)11)18-23(14-15-25(3,4)5)29(17-16-26(6,7)8)24-13-12-22(19-28-24)21(2)30;1-2/h12-14,18-19H,15-17H2,1-11H3;1-2H3/b20-18+,23-14+;. The van der Waals surface area contributed by atoms with Crippen molar-refractivity contribution in [3.05, 3.63) is 47.3 Å². The van der Waals surface area contributed by atoms with E-state index in [1.165, 1.54) is 11.3 Å². The van der Waals surface area contributed by atoms with Crippen molar-refractivity contribution < 1.29 is 4.79 Å². The van der Waals surface area contributed by atoms with Crippen molar-refractivity contribution in [3.63, 3.8) is 0 Å². The Balaban J connectivity index is 0.00000466. The summed E-state index contributed by atoms with van der Waals surface area (Å²) >= 11 is 0. The lowest BCUT2D eigenvalue weighted by atomic mass is 9.86. The average Bonchev–Trinajstić information content (AvgIpc) is 2.65. The monoisotopic (exact) mass is 442 g/mol. The fourth-order valence-electron chi connectivity index (χ4n) is 2.67. The number of aromatic nitrogens is 1. The van der Waals surface area contributed by atoms with Gasteiger partial charge in [0.15, 0.2) is 5.78 Å². The highest BCUT2D eigenvalue weighted by Crippen LogP contribution is 2.31. The van der Waals surface area contributed by atoms with E-state index in [4.69, 9.17) is 0 Å². The van der Waals surface area contributed by atoms with E-state index in [0.29, 0.717) is 5.56 Å². The summed E-state index contributed by atoms with van der Waals surface area (Å²) in [6, 6.07) is 3.86. The third-order valence-electron chi connectivity index (χ3n) is 5.30. The van der Waals surface area contributed by atoms with E-state index < -0.39 is 0 Å². The van der Waals surface area contributed by atoms with Crippen LogP contribution in [-0.4, -0.2) is 17.3 Å². The van der Waals surface area contributed by atoms with Gasteiger partial charge in [-0.05, 0) is 61.1 Å². The quantitative estimate of drug-likeness (QED) is 0.312. The second-order valence-corrected chi connectivity index (χ2v) is 11.9. The van der Waals surface area contributed by atoms with Gasteiger partial charge in [-0.25, -0.2) is 4.98 Å². The number of pyridine rings is 1. The maximum Gasteiger partial charge on any atom is 0.161 e. The average molecular weight is 443 g/mol. The van der Waals surface area contributed by atoms with Crippen LogP contribution >= 0.6 is 0 Å². The van der Waals surface area contributed by atoms with Crippen LogP contribution in [0.1, 0.15) is 113 Å². The Morgan fingerprint density at radius 3 is 1.88 bits per heavy atom. The highest BCUT2D eigenvalue weighted by atomic mass is 16.1. The van der Waals surface area contributed by atoms with Crippen LogP contribution in [0.5, 0.6) is 0 Å². The number of nitrogens with zero attached hydrogens (tertiary/aromatic N) is 2. The summed E-state index contributed by atoms with van der Waals surface area (Å²) in [4.78, 5) is 18.7. The molecule has 0 saturated heterocycles. The molecule has 0 aromatic carbocycles. The number of carbonyl (C=O) groups is 1. The maximum atomic E-state index is 11.7. The van der Waals surface area contributed by atoms with Gasteiger partial charge in [-0.15, -0.1) is 0 Å². The molecule has 1 aromatic heterocycles. The first-order valence-corrected chi connectivity index (χ1v) is 12.1. The van der Waals surface area contributed by atoms with Gasteiger partial charge >= 0.3 is 0 Å². The second kappa shape index (κ2) is 12.4. The summed E-state index contributed by atoms with van der Waals surface area (Å²) in [6.45, 7) is 29.0. The van der Waals surface area contributed by atoms with Crippen LogP contribution in [-0.2, 0) is 0 Å². The van der Waals surface area contributed by atoms with Crippen molar-refractivity contribution in [2.75, 3.05) is 11.4 Å². The van der Waals surface area contributed by atoms with E-state index in [1.807, 2.05) is 26.0 Å². The van der Waals surface area contributed by atoms with Crippen LogP contribution in [0.25, 0.3) is 0 Å². The molecule has 0 radical (unpaired) electrons. The Kier molecular flexibility index (Phi) is 11.6. The van der Waals surface area contributed by atoms with Crippen molar-refractivity contribution in [1.82, 2.24) is 4.98 Å². The van der Waals surface area contributed by atoms with Crippen LogP contribution in [0, 0.1) is 16.2 Å². The third kappa shape index (κ3) is 11.6. The molecule has 1 rings (SSSR count). The van der Waals surface area contributed by atoms with Crippen molar-refractivity contribution >= 4 is 11.6 Å². The van der Waals surface area contributed by atoms with E-state index in [-0.39, 0.29) is 22.0 Å². The van der Waals surface area contributed by atoms with Crippen LogP contribution in [0.3, 0.4) is 0 Å². The highest BCUT2D eigenvalue weighted by molar-refractivity contribution is 5.93. The van der Waals surface area contributed by atoms with E-state index in [9.17, 15) is 4.79 Å². The molecule has 0 aliphatic carbocycles. The Morgan fingerprint density at radius 2 is 1.50 bits per heavy atom. The molecule has 3 nitrogen and oxygen atoms in total. The smallest absolute Gasteiger partial charge is 0.161 e. The number of anilines is 1. The summed E-state index contributed by atoms with van der Waals surface area (Å²) < 4.78 is 0. The number of rotatable bonds is 7. The molecule has 1 aromatic rings. The number of hydrogen-bond acceptors (Lipinski definition) is 3. The zero-order valence-corrected chi connectivity index (χ0v) is 23.3. The van der Waals surface area contributed by atoms with Gasteiger partial charge in [-0.2, -0.15) is 0 Å². The number of Topliss-reactive ketones (excluding diaryl/α,β-unsaturated/α-hetero) is 1. The molecule has 0 fully saturated rings. The molecule has 0 aliphatic heterocycles. The van der Waals surface area contributed by atoms with Crippen LogP contribution in [0.15, 0.2) is 41.8 Å². The van der Waals surface area contributed by atoms with Crippen molar-refractivity contribution in [3.8, 4) is 0 Å². The van der Waals surface area contributed by atoms with Gasteiger partial charge in [0, 0.05) is 24.0 Å². The van der Waals surface area contributed by atoms with Crippen molar-refractivity contribution in [1.29, 1.82) is 0 Å². The summed E-state index contributed by atoms with van der Waals surface area (Å²) in [6.07, 6.45) is 8.38. The molecule has 0 amide bonds. The largest absolute Gasteiger partial charge is 0.327 e. The van der Waals surface area contributed by atoms with Crippen LogP contribution < -0.4 is 4.90 Å². The molecule has 0 spiro atoms. The molecule has 0 unspecified atom stereocenters. The van der Waals surface area contributed by atoms with E-state index in [2.05, 4.69) is 91.3 Å². The minimum Gasteiger partial charge on any atom is -0.327 e. The SMILES string of the molecule is CC.CC(=O)c1ccc(N(CCC(C)(C)C)C(=C/CC(C)(C)C)/C=C(\C)C(C)(C)C)nc1. The fraction of sp³-hybridized carbons (Fsp3) is 0.655. The Bertz CT molecular complexity index is 763. The topological polar surface area (TPSA) is 33.2 Å². The van der Waals surface area contributed by atoms with Gasteiger partial charge in [-0.1, -0.05) is 87.8 Å². The molecule has 0 saturated carbocycles. The second-order valence-electron chi connectivity index (χ2n) is 11.9. The summed E-state index contributed by atoms with van der Waals surface area (Å²) in [7, 11) is 0. The molecule has 1 heterocycles. The highest BCUT2D eigenvalue weighted by Gasteiger charge is 2.20. The third-order valence-corrected chi connectivity index (χ3v) is 5.30. The van der Waals surface area contributed by atoms with Crippen LogP contribution in [0.2, 0.25) is 0 Å². The lowest BCUT2D eigenvalue weighted by Crippen LogP contribution is -2.28. The fourth-order valence-corrected chi connectivity index (χ4v) is 2.67. The molecule has 32 heavy (non-hydrogen) atoms. The van der Waals surface area contributed by atoms with Crippen molar-refractivity contribution in [2.45, 2.75) is 103 Å². The summed E-state index contributed by atoms with van der Waals surface area (Å²) in [5, 5.41) is 0. The Hall–Kier alpha value is -1.90. The van der Waals surface area contributed by atoms with Gasteiger partial charge in [0.1, 0.15) is 5.82 Å². The first-order valence-electron chi connectivity index (χ1n) is 12.1. The van der Waals surface area contributed by atoms with Gasteiger partial charge < -0.3 is 4.90 Å². The molecule has 0 N–H and O–H groups in total. The predicted octanol–water partition coefficient (Wildman–Crippen LogP) is 8.87. The molecule has 182 valence electrons. The first kappa shape index (κ1) is 30.1. The lowest BCUT2D eigenvalue weighted by molar-refractivity contribution is 0.101. The Morgan fingerprint density at radius 1 is 0.938 bits per heavy atom. The van der Waals surface area contributed by atoms with Gasteiger partial charge in [0.25, 0.3) is 0 Å². The minimum atomic E-state index is 0.0438. The summed E-state index contributed by atoms with van der Waals surface area (Å²) in [5.41, 5.74) is 3.69. The Labute approximate surface area is 199 Å². The first-order chi connectivity index (χ1) is 14.5. The van der Waals surface area contributed by atoms with Gasteiger partial charge in [-0.3, -0.25) is 4.79 Å². The number of allylic oxidation sites excluding steroid dienone is 3. The molecule has 0 atom stereocenters. The molecule has 3 heteroatoms. The zero-order chi connectivity index (χ0) is 25.3. The van der Waals surface area contributed by atoms with Crippen molar-refractivity contribution in [2.24, 2.45) is 16.2 Å².